The number of aryl methyl sites for hydroxylation is 1. The van der Waals surface area contributed by atoms with Crippen molar-refractivity contribution in [3.05, 3.63) is 47.3 Å². The lowest BCUT2D eigenvalue weighted by Gasteiger charge is -2.28. The molecule has 2 heterocycles. The van der Waals surface area contributed by atoms with Crippen LogP contribution in [0.2, 0.25) is 0 Å². The Kier molecular flexibility index (Phi) is 3.51. The van der Waals surface area contributed by atoms with Crippen LogP contribution in [0.15, 0.2) is 35.0 Å². The molecule has 1 aromatic heterocycles. The minimum Gasteiger partial charge on any atom is -0.365 e. The van der Waals surface area contributed by atoms with Crippen LogP contribution in [0.3, 0.4) is 0 Å². The molecule has 0 spiro atoms. The number of piperazine rings is 1. The van der Waals surface area contributed by atoms with Gasteiger partial charge in [0.05, 0.1) is 6.20 Å². The summed E-state index contributed by atoms with van der Waals surface area (Å²) in [6.07, 6.45) is 2.65. The number of benzene rings is 1. The lowest BCUT2D eigenvalue weighted by Crippen LogP contribution is -2.43. The van der Waals surface area contributed by atoms with Crippen molar-refractivity contribution in [3.63, 3.8) is 0 Å². The number of rotatable bonds is 3. The van der Waals surface area contributed by atoms with Crippen LogP contribution < -0.4 is 10.2 Å². The minimum atomic E-state index is 0.806. The smallest absolute Gasteiger partial charge is 0.164 e. The summed E-state index contributed by atoms with van der Waals surface area (Å²) in [7, 11) is 0. The number of hydrogen-bond acceptors (Lipinski definition) is 4. The van der Waals surface area contributed by atoms with Crippen LogP contribution >= 0.6 is 0 Å². The second-order valence-corrected chi connectivity index (χ2v) is 5.04. The van der Waals surface area contributed by atoms with E-state index in [1.165, 1.54) is 11.1 Å². The molecule has 0 aliphatic carbocycles. The predicted octanol–water partition coefficient (Wildman–Crippen LogP) is 1.98. The first-order valence-corrected chi connectivity index (χ1v) is 6.78. The molecule has 1 aliphatic rings. The number of hydrogen-bond donors (Lipinski definition) is 1. The average Bonchev–Trinajstić information content (AvgIpc) is 2.88. The highest BCUT2D eigenvalue weighted by atomic mass is 16.5. The highest BCUT2D eigenvalue weighted by Crippen LogP contribution is 2.23. The molecule has 0 radical (unpaired) electrons. The first-order valence-electron chi connectivity index (χ1n) is 6.78. The maximum absolute atomic E-state index is 5.45. The number of nitrogens with zero attached hydrogens (tertiary/aromatic N) is 2. The molecule has 19 heavy (non-hydrogen) atoms. The quantitative estimate of drug-likeness (QED) is 0.913. The van der Waals surface area contributed by atoms with Crippen molar-refractivity contribution in [2.75, 3.05) is 31.1 Å². The van der Waals surface area contributed by atoms with Crippen molar-refractivity contribution in [3.8, 4) is 0 Å². The third-order valence-electron chi connectivity index (χ3n) is 3.53. The molecule has 2 aromatic rings. The Morgan fingerprint density at radius 3 is 2.95 bits per heavy atom. The molecule has 1 aliphatic heterocycles. The lowest BCUT2D eigenvalue weighted by atomic mass is 10.1. The minimum absolute atomic E-state index is 0.806. The molecule has 0 saturated carbocycles. The molecular weight excluding hydrogens is 238 g/mol. The zero-order valence-electron chi connectivity index (χ0n) is 11.2. The van der Waals surface area contributed by atoms with Gasteiger partial charge in [-0.1, -0.05) is 35.0 Å². The van der Waals surface area contributed by atoms with Gasteiger partial charge in [0.2, 0.25) is 0 Å². The summed E-state index contributed by atoms with van der Waals surface area (Å²) in [6.45, 7) is 6.19. The van der Waals surface area contributed by atoms with Crippen molar-refractivity contribution in [1.29, 1.82) is 0 Å². The van der Waals surface area contributed by atoms with Crippen molar-refractivity contribution in [2.24, 2.45) is 0 Å². The summed E-state index contributed by atoms with van der Waals surface area (Å²) in [5, 5.41) is 7.34. The normalized spacial score (nSPS) is 15.7. The monoisotopic (exact) mass is 257 g/mol. The topological polar surface area (TPSA) is 41.3 Å². The van der Waals surface area contributed by atoms with E-state index < -0.39 is 0 Å². The summed E-state index contributed by atoms with van der Waals surface area (Å²) in [5.74, 6) is 0.965. The van der Waals surface area contributed by atoms with Crippen LogP contribution in [-0.2, 0) is 6.42 Å². The SMILES string of the molecule is Cc1cccc(Cc2oncc2N2CCNCC2)c1. The van der Waals surface area contributed by atoms with Crippen LogP contribution in [-0.4, -0.2) is 31.3 Å². The molecule has 4 heteroatoms. The Morgan fingerprint density at radius 1 is 1.32 bits per heavy atom. The van der Waals surface area contributed by atoms with Gasteiger partial charge in [-0.3, -0.25) is 0 Å². The molecule has 3 rings (SSSR count). The highest BCUT2D eigenvalue weighted by Gasteiger charge is 2.17. The first-order chi connectivity index (χ1) is 9.33. The number of aromatic nitrogens is 1. The fourth-order valence-corrected chi connectivity index (χ4v) is 2.55. The van der Waals surface area contributed by atoms with E-state index >= 15 is 0 Å². The molecule has 1 fully saturated rings. The fraction of sp³-hybridized carbons (Fsp3) is 0.400. The lowest BCUT2D eigenvalue weighted by molar-refractivity contribution is 0.389. The molecule has 4 nitrogen and oxygen atoms in total. The van der Waals surface area contributed by atoms with Gasteiger partial charge in [0, 0.05) is 32.6 Å². The average molecular weight is 257 g/mol. The molecule has 0 atom stereocenters. The first kappa shape index (κ1) is 12.2. The molecular formula is C15H19N3O. The second-order valence-electron chi connectivity index (χ2n) is 5.04. The van der Waals surface area contributed by atoms with Crippen LogP contribution in [0.4, 0.5) is 5.69 Å². The molecule has 0 bridgehead atoms. The largest absolute Gasteiger partial charge is 0.365 e. The maximum atomic E-state index is 5.45. The molecule has 1 aromatic carbocycles. The molecule has 0 unspecified atom stereocenters. The highest BCUT2D eigenvalue weighted by molar-refractivity contribution is 5.49. The van der Waals surface area contributed by atoms with E-state index in [1.54, 1.807) is 0 Å². The maximum Gasteiger partial charge on any atom is 0.164 e. The van der Waals surface area contributed by atoms with Gasteiger partial charge in [-0.25, -0.2) is 0 Å². The third kappa shape index (κ3) is 2.79. The summed E-state index contributed by atoms with van der Waals surface area (Å²) >= 11 is 0. The summed E-state index contributed by atoms with van der Waals surface area (Å²) in [6, 6.07) is 8.54. The predicted molar refractivity (Wildman–Crippen MR) is 75.6 cm³/mol. The number of nitrogens with one attached hydrogen (secondary N) is 1. The van der Waals surface area contributed by atoms with Crippen LogP contribution in [0, 0.1) is 6.92 Å². The van der Waals surface area contributed by atoms with Gasteiger partial charge in [0.1, 0.15) is 5.69 Å². The van der Waals surface area contributed by atoms with Gasteiger partial charge >= 0.3 is 0 Å². The second kappa shape index (κ2) is 5.45. The zero-order chi connectivity index (χ0) is 13.1. The van der Waals surface area contributed by atoms with E-state index in [1.807, 2.05) is 6.20 Å². The molecule has 1 saturated heterocycles. The van der Waals surface area contributed by atoms with E-state index in [9.17, 15) is 0 Å². The van der Waals surface area contributed by atoms with Crippen molar-refractivity contribution >= 4 is 5.69 Å². The van der Waals surface area contributed by atoms with E-state index in [4.69, 9.17) is 4.52 Å². The molecule has 1 N–H and O–H groups in total. The van der Waals surface area contributed by atoms with Crippen molar-refractivity contribution < 1.29 is 4.52 Å². The third-order valence-corrected chi connectivity index (χ3v) is 3.53. The van der Waals surface area contributed by atoms with Gasteiger partial charge in [-0.15, -0.1) is 0 Å². The van der Waals surface area contributed by atoms with E-state index in [0.29, 0.717) is 0 Å². The Labute approximate surface area is 113 Å². The Morgan fingerprint density at radius 2 is 2.16 bits per heavy atom. The van der Waals surface area contributed by atoms with Gasteiger partial charge in [0.25, 0.3) is 0 Å². The summed E-state index contributed by atoms with van der Waals surface area (Å²) in [4.78, 5) is 2.35. The van der Waals surface area contributed by atoms with Crippen LogP contribution in [0.25, 0.3) is 0 Å². The van der Waals surface area contributed by atoms with Gasteiger partial charge in [0.15, 0.2) is 5.76 Å². The van der Waals surface area contributed by atoms with E-state index in [-0.39, 0.29) is 0 Å². The zero-order valence-corrected chi connectivity index (χ0v) is 11.2. The van der Waals surface area contributed by atoms with Gasteiger partial charge in [-0.2, -0.15) is 0 Å². The summed E-state index contributed by atoms with van der Waals surface area (Å²) < 4.78 is 5.45. The number of anilines is 1. The Balaban J connectivity index is 1.80. The molecule has 0 amide bonds. The Bertz CT molecular complexity index is 544. The van der Waals surface area contributed by atoms with Crippen molar-refractivity contribution in [1.82, 2.24) is 10.5 Å². The summed E-state index contributed by atoms with van der Waals surface area (Å²) in [5.41, 5.74) is 3.69. The molecule has 100 valence electrons. The van der Waals surface area contributed by atoms with Crippen LogP contribution in [0.5, 0.6) is 0 Å². The Hall–Kier alpha value is -1.81. The van der Waals surface area contributed by atoms with Crippen molar-refractivity contribution in [2.45, 2.75) is 13.3 Å². The fourth-order valence-electron chi connectivity index (χ4n) is 2.55. The standard InChI is InChI=1S/C15H19N3O/c1-12-3-2-4-13(9-12)10-15-14(11-17-19-15)18-7-5-16-6-8-18/h2-4,9,11,16H,5-8,10H2,1H3. The van der Waals surface area contributed by atoms with Gasteiger partial charge in [-0.05, 0) is 12.5 Å². The van der Waals surface area contributed by atoms with E-state index in [2.05, 4.69) is 46.6 Å². The van der Waals surface area contributed by atoms with E-state index in [0.717, 1.165) is 44.0 Å². The van der Waals surface area contributed by atoms with Gasteiger partial charge < -0.3 is 14.7 Å². The van der Waals surface area contributed by atoms with Crippen LogP contribution in [0.1, 0.15) is 16.9 Å².